The Labute approximate surface area is 320 Å². The fourth-order valence-electron chi connectivity index (χ4n) is 9.25. The maximum absolute atomic E-state index is 6.29. The van der Waals surface area contributed by atoms with Crippen LogP contribution in [0.15, 0.2) is 192 Å². The van der Waals surface area contributed by atoms with E-state index in [1.807, 2.05) is 12.1 Å². The predicted molar refractivity (Wildman–Crippen MR) is 232 cm³/mol. The Morgan fingerprint density at radius 3 is 1.82 bits per heavy atom. The van der Waals surface area contributed by atoms with Gasteiger partial charge < -0.3 is 9.32 Å². The summed E-state index contributed by atoms with van der Waals surface area (Å²) in [6.45, 7) is 4.69. The van der Waals surface area contributed by atoms with Gasteiger partial charge in [-0.05, 0) is 103 Å². The Kier molecular flexibility index (Phi) is 6.93. The summed E-state index contributed by atoms with van der Waals surface area (Å²) >= 11 is 0. The molecule has 0 aliphatic heterocycles. The van der Waals surface area contributed by atoms with Crippen LogP contribution in [-0.2, 0) is 5.41 Å². The molecular formula is C53H37NO. The molecule has 1 heterocycles. The van der Waals surface area contributed by atoms with Gasteiger partial charge in [0.2, 0.25) is 0 Å². The molecular weight excluding hydrogens is 667 g/mol. The number of hydrogen-bond donors (Lipinski definition) is 0. The maximum atomic E-state index is 6.29. The summed E-state index contributed by atoms with van der Waals surface area (Å²) in [6, 6.07) is 68.5. The van der Waals surface area contributed by atoms with Gasteiger partial charge in [0.1, 0.15) is 11.2 Å². The van der Waals surface area contributed by atoms with Gasteiger partial charge in [-0.1, -0.05) is 159 Å². The van der Waals surface area contributed by atoms with E-state index in [0.717, 1.165) is 33.3 Å². The van der Waals surface area contributed by atoms with Crippen LogP contribution in [0.2, 0.25) is 0 Å². The largest absolute Gasteiger partial charge is 0.456 e. The van der Waals surface area contributed by atoms with Crippen LogP contribution in [0.5, 0.6) is 0 Å². The number of fused-ring (bicyclic) bond motifs is 8. The van der Waals surface area contributed by atoms with Crippen LogP contribution in [0.3, 0.4) is 0 Å². The van der Waals surface area contributed by atoms with Gasteiger partial charge in [-0.15, -0.1) is 0 Å². The van der Waals surface area contributed by atoms with Crippen molar-refractivity contribution in [1.29, 1.82) is 0 Å². The molecule has 11 rings (SSSR count). The zero-order valence-corrected chi connectivity index (χ0v) is 30.8. The zero-order chi connectivity index (χ0) is 36.7. The molecule has 2 nitrogen and oxygen atoms in total. The van der Waals surface area contributed by atoms with Crippen molar-refractivity contribution >= 4 is 60.5 Å². The average Bonchev–Trinajstić information content (AvgIpc) is 3.72. The SMILES string of the molecule is CC1(C)c2ccccc2-c2c(N(c3ccc(-c4cccc5c(-c6cccc7ccccc67)cccc45)cc3)c3ccc4oc5ccccc5c4c3)cccc21. The van der Waals surface area contributed by atoms with Gasteiger partial charge in [0.05, 0.1) is 5.69 Å². The minimum Gasteiger partial charge on any atom is -0.456 e. The third kappa shape index (κ3) is 4.81. The summed E-state index contributed by atoms with van der Waals surface area (Å²) in [7, 11) is 0. The Hall–Kier alpha value is -6.90. The molecule has 0 atom stereocenters. The molecule has 0 saturated heterocycles. The number of para-hydroxylation sites is 1. The highest BCUT2D eigenvalue weighted by Gasteiger charge is 2.37. The van der Waals surface area contributed by atoms with Gasteiger partial charge in [-0.3, -0.25) is 0 Å². The highest BCUT2D eigenvalue weighted by Crippen LogP contribution is 2.54. The van der Waals surface area contributed by atoms with Crippen molar-refractivity contribution in [2.45, 2.75) is 19.3 Å². The number of benzene rings is 9. The van der Waals surface area contributed by atoms with E-state index in [9.17, 15) is 0 Å². The molecule has 1 aliphatic carbocycles. The van der Waals surface area contributed by atoms with Gasteiger partial charge >= 0.3 is 0 Å². The molecule has 10 aromatic rings. The van der Waals surface area contributed by atoms with E-state index < -0.39 is 0 Å². The molecule has 0 amide bonds. The standard InChI is InChI=1S/C53H37NO/c1-53(2)47-23-7-5-17-45(47)52-48(53)24-12-25-49(52)54(37-31-32-51-46(33-37)44-16-6-8-26-50(44)55-51)36-29-27-35(28-30-36)39-18-10-21-42-41(39)20-11-22-43(42)40-19-9-14-34-13-3-4-15-38(34)40/h3-33H,1-2H3. The summed E-state index contributed by atoms with van der Waals surface area (Å²) in [5, 5.41) is 7.26. The van der Waals surface area contributed by atoms with Crippen LogP contribution in [0.4, 0.5) is 17.1 Å². The monoisotopic (exact) mass is 703 g/mol. The lowest BCUT2D eigenvalue weighted by atomic mass is 9.82. The van der Waals surface area contributed by atoms with Gasteiger partial charge in [0.25, 0.3) is 0 Å². The summed E-state index contributed by atoms with van der Waals surface area (Å²) in [5.74, 6) is 0. The van der Waals surface area contributed by atoms with Gasteiger partial charge in [-0.2, -0.15) is 0 Å². The summed E-state index contributed by atoms with van der Waals surface area (Å²) < 4.78 is 6.29. The van der Waals surface area contributed by atoms with Crippen molar-refractivity contribution in [3.8, 4) is 33.4 Å². The lowest BCUT2D eigenvalue weighted by Crippen LogP contribution is -2.16. The molecule has 1 aliphatic rings. The second-order valence-corrected chi connectivity index (χ2v) is 15.3. The molecule has 9 aromatic carbocycles. The van der Waals surface area contributed by atoms with E-state index in [4.69, 9.17) is 4.42 Å². The lowest BCUT2D eigenvalue weighted by molar-refractivity contribution is 0.660. The van der Waals surface area contributed by atoms with Crippen LogP contribution in [-0.4, -0.2) is 0 Å². The minimum atomic E-state index is -0.110. The van der Waals surface area contributed by atoms with E-state index in [2.05, 4.69) is 195 Å². The van der Waals surface area contributed by atoms with Crippen molar-refractivity contribution in [2.24, 2.45) is 0 Å². The third-order valence-electron chi connectivity index (χ3n) is 11.9. The van der Waals surface area contributed by atoms with Gasteiger partial charge in [0.15, 0.2) is 0 Å². The summed E-state index contributed by atoms with van der Waals surface area (Å²) in [5.41, 5.74) is 15.3. The number of furan rings is 1. The van der Waals surface area contributed by atoms with Crippen LogP contribution >= 0.6 is 0 Å². The fourth-order valence-corrected chi connectivity index (χ4v) is 9.25. The normalized spacial score (nSPS) is 13.1. The first kappa shape index (κ1) is 31.6. The Morgan fingerprint density at radius 2 is 0.964 bits per heavy atom. The maximum Gasteiger partial charge on any atom is 0.135 e. The highest BCUT2D eigenvalue weighted by atomic mass is 16.3. The van der Waals surface area contributed by atoms with Gasteiger partial charge in [-0.25, -0.2) is 0 Å². The molecule has 0 N–H and O–H groups in total. The first-order chi connectivity index (χ1) is 27.0. The van der Waals surface area contributed by atoms with Crippen LogP contribution < -0.4 is 4.90 Å². The lowest BCUT2D eigenvalue weighted by Gasteiger charge is -2.29. The van der Waals surface area contributed by atoms with Crippen molar-refractivity contribution in [2.75, 3.05) is 4.90 Å². The van der Waals surface area contributed by atoms with Gasteiger partial charge in [0, 0.05) is 33.1 Å². The molecule has 260 valence electrons. The van der Waals surface area contributed by atoms with E-state index in [0.29, 0.717) is 0 Å². The molecule has 0 fully saturated rings. The average molecular weight is 704 g/mol. The Bertz CT molecular complexity index is 3120. The predicted octanol–water partition coefficient (Wildman–Crippen LogP) is 15.0. The number of nitrogens with zero attached hydrogens (tertiary/aromatic N) is 1. The second kappa shape index (κ2) is 12.1. The zero-order valence-electron chi connectivity index (χ0n) is 30.8. The van der Waals surface area contributed by atoms with Crippen LogP contribution in [0.25, 0.3) is 76.9 Å². The van der Waals surface area contributed by atoms with E-state index >= 15 is 0 Å². The summed E-state index contributed by atoms with van der Waals surface area (Å²) in [4.78, 5) is 2.43. The van der Waals surface area contributed by atoms with Crippen LogP contribution in [0.1, 0.15) is 25.0 Å². The molecule has 0 unspecified atom stereocenters. The molecule has 0 bridgehead atoms. The van der Waals surface area contributed by atoms with Crippen molar-refractivity contribution in [3.63, 3.8) is 0 Å². The molecule has 1 aromatic heterocycles. The van der Waals surface area contributed by atoms with E-state index in [-0.39, 0.29) is 5.41 Å². The minimum absolute atomic E-state index is 0.110. The fraction of sp³-hybridized carbons (Fsp3) is 0.0566. The first-order valence-corrected chi connectivity index (χ1v) is 19.1. The van der Waals surface area contributed by atoms with Crippen molar-refractivity contribution in [1.82, 2.24) is 0 Å². The number of hydrogen-bond acceptors (Lipinski definition) is 2. The highest BCUT2D eigenvalue weighted by molar-refractivity contribution is 6.10. The number of anilines is 3. The van der Waals surface area contributed by atoms with E-state index in [1.54, 1.807) is 0 Å². The van der Waals surface area contributed by atoms with Crippen molar-refractivity contribution < 1.29 is 4.42 Å². The topological polar surface area (TPSA) is 16.4 Å². The number of rotatable bonds is 5. The quantitative estimate of drug-likeness (QED) is 0.177. The smallest absolute Gasteiger partial charge is 0.135 e. The Morgan fingerprint density at radius 1 is 0.400 bits per heavy atom. The molecule has 0 spiro atoms. The molecule has 55 heavy (non-hydrogen) atoms. The third-order valence-corrected chi connectivity index (χ3v) is 11.9. The van der Waals surface area contributed by atoms with Crippen LogP contribution in [0, 0.1) is 0 Å². The summed E-state index contributed by atoms with van der Waals surface area (Å²) in [6.07, 6.45) is 0. The van der Waals surface area contributed by atoms with Crippen molar-refractivity contribution in [3.05, 3.63) is 199 Å². The first-order valence-electron chi connectivity index (χ1n) is 19.1. The molecule has 0 saturated carbocycles. The molecule has 0 radical (unpaired) electrons. The second-order valence-electron chi connectivity index (χ2n) is 15.3. The Balaban J connectivity index is 1.08. The van der Waals surface area contributed by atoms with E-state index in [1.165, 1.54) is 71.7 Å². The molecule has 2 heteroatoms.